The number of halogens is 1. The number of ether oxygens (including phenoxy) is 1. The molecule has 0 unspecified atom stereocenters. The second-order valence-electron chi connectivity index (χ2n) is 8.12. The van der Waals surface area contributed by atoms with Crippen molar-refractivity contribution in [1.82, 2.24) is 13.9 Å². The highest BCUT2D eigenvalue weighted by molar-refractivity contribution is 7.89. The number of hydrogen-bond acceptors (Lipinski definition) is 6. The Kier molecular flexibility index (Phi) is 8.25. The molecule has 2 aromatic rings. The predicted octanol–water partition coefficient (Wildman–Crippen LogP) is 2.32. The summed E-state index contributed by atoms with van der Waals surface area (Å²) in [6, 6.07) is 10.7. The van der Waals surface area contributed by atoms with Gasteiger partial charge in [-0.3, -0.25) is 4.79 Å². The lowest BCUT2D eigenvalue weighted by Gasteiger charge is -2.30. The number of rotatable bonds is 8. The van der Waals surface area contributed by atoms with Crippen LogP contribution in [-0.4, -0.2) is 65.6 Å². The number of nitrogens with one attached hydrogen (secondary N) is 1. The van der Waals surface area contributed by atoms with Gasteiger partial charge in [-0.15, -0.1) is 0 Å². The van der Waals surface area contributed by atoms with Crippen LogP contribution >= 0.6 is 11.6 Å². The van der Waals surface area contributed by atoms with Gasteiger partial charge in [0.05, 0.1) is 21.9 Å². The Morgan fingerprint density at radius 2 is 1.65 bits per heavy atom. The van der Waals surface area contributed by atoms with Crippen LogP contribution in [0.4, 0.5) is 0 Å². The molecule has 1 aliphatic heterocycles. The second-order valence-corrected chi connectivity index (χ2v) is 12.6. The minimum Gasteiger partial charge on any atom is -0.495 e. The van der Waals surface area contributed by atoms with E-state index in [1.165, 1.54) is 55.8 Å². The van der Waals surface area contributed by atoms with Crippen LogP contribution < -0.4 is 10.1 Å². The largest absolute Gasteiger partial charge is 0.495 e. The third kappa shape index (κ3) is 5.72. The molecule has 3 rings (SSSR count). The van der Waals surface area contributed by atoms with Crippen molar-refractivity contribution >= 4 is 37.6 Å². The van der Waals surface area contributed by atoms with Crippen molar-refractivity contribution in [2.45, 2.75) is 29.2 Å². The number of methoxy groups -OCH3 is 1. The number of benzene rings is 2. The molecule has 34 heavy (non-hydrogen) atoms. The average molecular weight is 530 g/mol. The molecule has 186 valence electrons. The first-order valence-electron chi connectivity index (χ1n) is 10.6. The maximum absolute atomic E-state index is 12.9. The molecule has 12 heteroatoms. The summed E-state index contributed by atoms with van der Waals surface area (Å²) in [5.74, 6) is -0.0706. The van der Waals surface area contributed by atoms with Gasteiger partial charge in [0.1, 0.15) is 5.75 Å². The molecule has 0 atom stereocenters. The van der Waals surface area contributed by atoms with Gasteiger partial charge >= 0.3 is 0 Å². The number of piperidine rings is 1. The van der Waals surface area contributed by atoms with Crippen LogP contribution in [-0.2, 0) is 31.4 Å². The first kappa shape index (κ1) is 26.4. The average Bonchev–Trinajstić information content (AvgIpc) is 2.82. The van der Waals surface area contributed by atoms with Gasteiger partial charge < -0.3 is 10.1 Å². The van der Waals surface area contributed by atoms with Crippen molar-refractivity contribution in [1.29, 1.82) is 0 Å². The van der Waals surface area contributed by atoms with Crippen LogP contribution in [0.1, 0.15) is 18.4 Å². The van der Waals surface area contributed by atoms with Crippen molar-refractivity contribution in [3.8, 4) is 5.75 Å². The molecule has 0 bridgehead atoms. The van der Waals surface area contributed by atoms with Crippen LogP contribution in [0.25, 0.3) is 0 Å². The number of sulfonamides is 2. The van der Waals surface area contributed by atoms with Crippen LogP contribution in [0.2, 0.25) is 5.02 Å². The van der Waals surface area contributed by atoms with Gasteiger partial charge in [0.15, 0.2) is 0 Å². The molecule has 0 saturated carbocycles. The molecule has 0 aromatic heterocycles. The Hall–Kier alpha value is -2.18. The van der Waals surface area contributed by atoms with Crippen molar-refractivity contribution in [2.75, 3.05) is 34.3 Å². The topological polar surface area (TPSA) is 113 Å². The van der Waals surface area contributed by atoms with E-state index >= 15 is 0 Å². The highest BCUT2D eigenvalue weighted by atomic mass is 35.5. The van der Waals surface area contributed by atoms with Crippen LogP contribution in [0.5, 0.6) is 5.75 Å². The summed E-state index contributed by atoms with van der Waals surface area (Å²) in [6.07, 6.45) is 0.796. The van der Waals surface area contributed by atoms with E-state index < -0.39 is 20.0 Å². The SMILES string of the molecule is COc1ccc(S(=O)(=O)N2CCC(C(=O)NCc3ccc(S(=O)(=O)N(C)C)cc3)CC2)cc1Cl. The molecule has 1 aliphatic rings. The lowest BCUT2D eigenvalue weighted by Crippen LogP contribution is -2.42. The molecule has 0 spiro atoms. The molecule has 0 radical (unpaired) electrons. The fraction of sp³-hybridized carbons (Fsp3) is 0.409. The Balaban J connectivity index is 1.55. The summed E-state index contributed by atoms with van der Waals surface area (Å²) in [5.41, 5.74) is 0.766. The molecule has 1 saturated heterocycles. The Labute approximate surface area is 205 Å². The Bertz CT molecular complexity index is 1240. The number of carbonyl (C=O) groups is 1. The van der Waals surface area contributed by atoms with Gasteiger partial charge in [0.25, 0.3) is 0 Å². The van der Waals surface area contributed by atoms with E-state index in [0.29, 0.717) is 18.6 Å². The lowest BCUT2D eigenvalue weighted by atomic mass is 9.97. The first-order valence-corrected chi connectivity index (χ1v) is 13.9. The molecule has 1 heterocycles. The summed E-state index contributed by atoms with van der Waals surface area (Å²) in [7, 11) is -2.85. The zero-order chi connectivity index (χ0) is 25.1. The third-order valence-electron chi connectivity index (χ3n) is 5.75. The maximum Gasteiger partial charge on any atom is 0.243 e. The smallest absolute Gasteiger partial charge is 0.243 e. The second kappa shape index (κ2) is 10.6. The minimum absolute atomic E-state index is 0.0842. The zero-order valence-corrected chi connectivity index (χ0v) is 21.6. The summed E-state index contributed by atoms with van der Waals surface area (Å²) in [5, 5.41) is 3.07. The van der Waals surface area contributed by atoms with E-state index in [9.17, 15) is 21.6 Å². The predicted molar refractivity (Wildman–Crippen MR) is 129 cm³/mol. The molecule has 1 fully saturated rings. The number of hydrogen-bond donors (Lipinski definition) is 1. The fourth-order valence-electron chi connectivity index (χ4n) is 3.64. The quantitative estimate of drug-likeness (QED) is 0.561. The monoisotopic (exact) mass is 529 g/mol. The highest BCUT2D eigenvalue weighted by Crippen LogP contribution is 2.30. The maximum atomic E-state index is 12.9. The van der Waals surface area contributed by atoms with E-state index in [4.69, 9.17) is 16.3 Å². The van der Waals surface area contributed by atoms with E-state index in [-0.39, 0.29) is 46.3 Å². The van der Waals surface area contributed by atoms with Gasteiger partial charge in [0.2, 0.25) is 26.0 Å². The number of nitrogens with zero attached hydrogens (tertiary/aromatic N) is 2. The van der Waals surface area contributed by atoms with Gasteiger partial charge in [-0.25, -0.2) is 21.1 Å². The zero-order valence-electron chi connectivity index (χ0n) is 19.2. The highest BCUT2D eigenvalue weighted by Gasteiger charge is 2.32. The molecule has 9 nitrogen and oxygen atoms in total. The van der Waals surface area contributed by atoms with Crippen molar-refractivity contribution in [2.24, 2.45) is 5.92 Å². The number of carbonyl (C=O) groups excluding carboxylic acids is 1. The lowest BCUT2D eigenvalue weighted by molar-refractivity contribution is -0.126. The van der Waals surface area contributed by atoms with Crippen LogP contribution in [0.15, 0.2) is 52.3 Å². The third-order valence-corrected chi connectivity index (χ3v) is 9.77. The standard InChI is InChI=1S/C22H28ClN3O6S2/c1-25(2)33(28,29)18-6-4-16(5-7-18)15-24-22(27)17-10-12-26(13-11-17)34(30,31)19-8-9-21(32-3)20(23)14-19/h4-9,14,17H,10-13,15H2,1-3H3,(H,24,27). The molecule has 0 aliphatic carbocycles. The molecular weight excluding hydrogens is 502 g/mol. The van der Waals surface area contributed by atoms with Crippen LogP contribution in [0.3, 0.4) is 0 Å². The van der Waals surface area contributed by atoms with E-state index in [1.807, 2.05) is 0 Å². The minimum atomic E-state index is -3.73. The fourth-order valence-corrected chi connectivity index (χ4v) is 6.36. The number of amides is 1. The molecule has 2 aromatic carbocycles. The molecule has 1 amide bonds. The summed E-state index contributed by atoms with van der Waals surface area (Å²) in [6.45, 7) is 0.701. The van der Waals surface area contributed by atoms with Gasteiger partial charge in [-0.05, 0) is 48.7 Å². The van der Waals surface area contributed by atoms with Gasteiger partial charge in [-0.1, -0.05) is 23.7 Å². The van der Waals surface area contributed by atoms with Crippen molar-refractivity contribution < 1.29 is 26.4 Å². The first-order chi connectivity index (χ1) is 16.0. The van der Waals surface area contributed by atoms with Crippen molar-refractivity contribution in [3.05, 3.63) is 53.1 Å². The normalized spacial score (nSPS) is 15.9. The van der Waals surface area contributed by atoms with Gasteiger partial charge in [-0.2, -0.15) is 4.31 Å². The summed E-state index contributed by atoms with van der Waals surface area (Å²) < 4.78 is 57.8. The summed E-state index contributed by atoms with van der Waals surface area (Å²) in [4.78, 5) is 12.9. The Morgan fingerprint density at radius 1 is 1.06 bits per heavy atom. The van der Waals surface area contributed by atoms with E-state index in [0.717, 1.165) is 9.87 Å². The molecule has 1 N–H and O–H groups in total. The van der Waals surface area contributed by atoms with Crippen molar-refractivity contribution in [3.63, 3.8) is 0 Å². The van der Waals surface area contributed by atoms with Gasteiger partial charge in [0, 0.05) is 39.6 Å². The van der Waals surface area contributed by atoms with Crippen LogP contribution in [0, 0.1) is 5.92 Å². The summed E-state index contributed by atoms with van der Waals surface area (Å²) >= 11 is 6.08. The molecular formula is C22H28ClN3O6S2. The Morgan fingerprint density at radius 3 is 2.18 bits per heavy atom. The van der Waals surface area contributed by atoms with E-state index in [1.54, 1.807) is 12.1 Å². The van der Waals surface area contributed by atoms with E-state index in [2.05, 4.69) is 5.32 Å².